The molecular weight excluding hydrogens is 298 g/mol. The van der Waals surface area contributed by atoms with E-state index >= 15 is 0 Å². The van der Waals surface area contributed by atoms with E-state index in [1.165, 1.54) is 3.97 Å². The van der Waals surface area contributed by atoms with Crippen molar-refractivity contribution in [3.63, 3.8) is 0 Å². The van der Waals surface area contributed by atoms with Crippen molar-refractivity contribution in [2.75, 3.05) is 0 Å². The summed E-state index contributed by atoms with van der Waals surface area (Å²) in [6, 6.07) is 13.7. The summed E-state index contributed by atoms with van der Waals surface area (Å²) in [5, 5.41) is 0.644. The summed E-state index contributed by atoms with van der Waals surface area (Å²) in [5.74, 6) is 0. The van der Waals surface area contributed by atoms with Gasteiger partial charge < -0.3 is 0 Å². The monoisotopic (exact) mass is 313 g/mol. The molecule has 0 saturated heterocycles. The average Bonchev–Trinajstić information content (AvgIpc) is 2.79. The van der Waals surface area contributed by atoms with Crippen LogP contribution in [0.1, 0.15) is 21.6 Å². The van der Waals surface area contributed by atoms with Crippen molar-refractivity contribution in [3.8, 4) is 0 Å². The van der Waals surface area contributed by atoms with Crippen molar-refractivity contribution in [2.45, 2.75) is 18.7 Å². The van der Waals surface area contributed by atoms with Crippen LogP contribution >= 0.6 is 0 Å². The second-order valence-electron chi connectivity index (χ2n) is 5.22. The van der Waals surface area contributed by atoms with Crippen LogP contribution < -0.4 is 0 Å². The molecule has 2 aromatic carbocycles. The minimum atomic E-state index is -3.74. The van der Waals surface area contributed by atoms with E-state index in [-0.39, 0.29) is 4.90 Å². The molecule has 0 aliphatic heterocycles. The summed E-state index contributed by atoms with van der Waals surface area (Å²) < 4.78 is 27.2. The molecule has 1 heterocycles. The molecule has 0 radical (unpaired) electrons. The van der Waals surface area contributed by atoms with Crippen LogP contribution in [0, 0.1) is 13.8 Å². The number of rotatable bonds is 3. The van der Waals surface area contributed by atoms with Crippen LogP contribution in [-0.4, -0.2) is 18.7 Å². The van der Waals surface area contributed by atoms with Crippen LogP contribution in [0.2, 0.25) is 0 Å². The van der Waals surface area contributed by atoms with Crippen molar-refractivity contribution < 1.29 is 13.2 Å². The van der Waals surface area contributed by atoms with Gasteiger partial charge in [0.2, 0.25) is 0 Å². The number of aldehydes is 1. The van der Waals surface area contributed by atoms with Gasteiger partial charge in [0.15, 0.2) is 6.29 Å². The Hall–Kier alpha value is -2.40. The lowest BCUT2D eigenvalue weighted by molar-refractivity contribution is 0.112. The quantitative estimate of drug-likeness (QED) is 0.697. The number of nitrogens with zero attached hydrogens (tertiary/aromatic N) is 1. The third-order valence-electron chi connectivity index (χ3n) is 3.78. The Morgan fingerprint density at radius 1 is 0.955 bits per heavy atom. The molecule has 0 aliphatic rings. The Balaban J connectivity index is 2.37. The summed E-state index contributed by atoms with van der Waals surface area (Å²) in [6.45, 7) is 3.55. The van der Waals surface area contributed by atoms with Gasteiger partial charge in [-0.3, -0.25) is 4.79 Å². The van der Waals surface area contributed by atoms with E-state index in [0.717, 1.165) is 5.56 Å². The molecule has 0 N–H and O–H groups in total. The zero-order chi connectivity index (χ0) is 15.9. The molecule has 3 rings (SSSR count). The lowest BCUT2D eigenvalue weighted by Gasteiger charge is -2.10. The molecule has 0 amide bonds. The van der Waals surface area contributed by atoms with Crippen LogP contribution in [0.25, 0.3) is 10.9 Å². The van der Waals surface area contributed by atoms with E-state index in [2.05, 4.69) is 0 Å². The van der Waals surface area contributed by atoms with Crippen molar-refractivity contribution in [3.05, 3.63) is 65.4 Å². The van der Waals surface area contributed by atoms with Crippen molar-refractivity contribution in [1.82, 2.24) is 3.97 Å². The Morgan fingerprint density at radius 3 is 2.23 bits per heavy atom. The highest BCUT2D eigenvalue weighted by atomic mass is 32.2. The fraction of sp³-hybridized carbons (Fsp3) is 0.118. The lowest BCUT2D eigenvalue weighted by Crippen LogP contribution is -2.14. The maximum atomic E-state index is 13.0. The first-order chi connectivity index (χ1) is 10.5. The van der Waals surface area contributed by atoms with Crippen LogP contribution in [0.5, 0.6) is 0 Å². The number of aromatic nitrogens is 1. The first-order valence-corrected chi connectivity index (χ1v) is 8.28. The van der Waals surface area contributed by atoms with Crippen LogP contribution in [0.15, 0.2) is 53.4 Å². The van der Waals surface area contributed by atoms with Crippen molar-refractivity contribution in [2.24, 2.45) is 0 Å². The van der Waals surface area contributed by atoms with Gasteiger partial charge in [-0.15, -0.1) is 0 Å². The summed E-state index contributed by atoms with van der Waals surface area (Å²) >= 11 is 0. The van der Waals surface area contributed by atoms with E-state index in [1.54, 1.807) is 55.5 Å². The zero-order valence-electron chi connectivity index (χ0n) is 12.3. The fourth-order valence-corrected chi connectivity index (χ4v) is 4.21. The highest BCUT2D eigenvalue weighted by Crippen LogP contribution is 2.28. The van der Waals surface area contributed by atoms with E-state index in [1.807, 2.05) is 6.92 Å². The topological polar surface area (TPSA) is 56.1 Å². The molecule has 3 aromatic rings. The molecule has 0 atom stereocenters. The first kappa shape index (κ1) is 14.5. The van der Waals surface area contributed by atoms with Gasteiger partial charge in [-0.2, -0.15) is 0 Å². The third kappa shape index (κ3) is 2.05. The maximum absolute atomic E-state index is 13.0. The van der Waals surface area contributed by atoms with E-state index < -0.39 is 10.0 Å². The standard InChI is InChI=1S/C17H15NO3S/c1-12-7-9-14(10-8-12)22(20,21)18-13(2)16(11-19)15-5-3-4-6-17(15)18/h3-11H,1-2H3. The number of carbonyl (C=O) groups is 1. The van der Waals surface area contributed by atoms with Gasteiger partial charge in [0.1, 0.15) is 0 Å². The summed E-state index contributed by atoms with van der Waals surface area (Å²) in [6.07, 6.45) is 0.707. The zero-order valence-corrected chi connectivity index (χ0v) is 13.1. The van der Waals surface area contributed by atoms with Gasteiger partial charge in [-0.1, -0.05) is 35.9 Å². The molecule has 4 nitrogen and oxygen atoms in total. The van der Waals surface area contributed by atoms with Gasteiger partial charge in [-0.25, -0.2) is 12.4 Å². The number of hydrogen-bond acceptors (Lipinski definition) is 3. The third-order valence-corrected chi connectivity index (χ3v) is 5.60. The maximum Gasteiger partial charge on any atom is 0.268 e. The van der Waals surface area contributed by atoms with Crippen LogP contribution in [0.4, 0.5) is 0 Å². The molecule has 5 heteroatoms. The smallest absolute Gasteiger partial charge is 0.268 e. The molecular formula is C17H15NO3S. The molecule has 0 aliphatic carbocycles. The summed E-state index contributed by atoms with van der Waals surface area (Å²) in [7, 11) is -3.74. The predicted molar refractivity (Wildman–Crippen MR) is 85.8 cm³/mol. The normalized spacial score (nSPS) is 11.7. The Kier molecular flexibility index (Phi) is 3.37. The van der Waals surface area contributed by atoms with Gasteiger partial charge in [0, 0.05) is 16.6 Å². The first-order valence-electron chi connectivity index (χ1n) is 6.84. The minimum absolute atomic E-state index is 0.208. The van der Waals surface area contributed by atoms with Crippen LogP contribution in [0.3, 0.4) is 0 Å². The van der Waals surface area contributed by atoms with Gasteiger partial charge in [0.25, 0.3) is 10.0 Å². The molecule has 0 bridgehead atoms. The Labute approximate surface area is 129 Å². The number of benzene rings is 2. The number of para-hydroxylation sites is 1. The van der Waals surface area contributed by atoms with Crippen molar-refractivity contribution in [1.29, 1.82) is 0 Å². The van der Waals surface area contributed by atoms with Gasteiger partial charge in [0.05, 0.1) is 10.4 Å². The molecule has 0 spiro atoms. The molecule has 0 saturated carbocycles. The summed E-state index contributed by atoms with van der Waals surface area (Å²) in [4.78, 5) is 11.6. The van der Waals surface area contributed by atoms with E-state index in [0.29, 0.717) is 28.4 Å². The van der Waals surface area contributed by atoms with E-state index in [9.17, 15) is 13.2 Å². The largest absolute Gasteiger partial charge is 0.298 e. The number of fused-ring (bicyclic) bond motifs is 1. The Morgan fingerprint density at radius 2 is 1.59 bits per heavy atom. The highest BCUT2D eigenvalue weighted by molar-refractivity contribution is 7.90. The predicted octanol–water partition coefficient (Wildman–Crippen LogP) is 3.31. The van der Waals surface area contributed by atoms with E-state index in [4.69, 9.17) is 0 Å². The van der Waals surface area contributed by atoms with Gasteiger partial charge >= 0.3 is 0 Å². The number of aryl methyl sites for hydroxylation is 1. The summed E-state index contributed by atoms with van der Waals surface area (Å²) in [5.41, 5.74) is 2.34. The second kappa shape index (κ2) is 5.10. The fourth-order valence-electron chi connectivity index (χ4n) is 2.64. The Bertz CT molecular complexity index is 967. The second-order valence-corrected chi connectivity index (χ2v) is 7.00. The SMILES string of the molecule is Cc1ccc(S(=O)(=O)n2c(C)c(C=O)c3ccccc32)cc1. The number of hydrogen-bond donors (Lipinski definition) is 0. The van der Waals surface area contributed by atoms with Gasteiger partial charge in [-0.05, 0) is 32.0 Å². The lowest BCUT2D eigenvalue weighted by atomic mass is 10.1. The minimum Gasteiger partial charge on any atom is -0.298 e. The highest BCUT2D eigenvalue weighted by Gasteiger charge is 2.24. The molecule has 1 aromatic heterocycles. The number of carbonyl (C=O) groups excluding carboxylic acids is 1. The average molecular weight is 313 g/mol. The molecule has 0 unspecified atom stereocenters. The molecule has 0 fully saturated rings. The van der Waals surface area contributed by atoms with Crippen molar-refractivity contribution >= 4 is 27.2 Å². The molecule has 112 valence electrons. The molecule has 22 heavy (non-hydrogen) atoms. The van der Waals surface area contributed by atoms with Crippen LogP contribution in [-0.2, 0) is 10.0 Å².